The van der Waals surface area contributed by atoms with Crippen LogP contribution in [-0.4, -0.2) is 30.5 Å². The molecule has 1 aromatic carbocycles. The minimum atomic E-state index is -0.676. The van der Waals surface area contributed by atoms with Gasteiger partial charge in [0.2, 0.25) is 11.8 Å². The molecule has 0 unspecified atom stereocenters. The van der Waals surface area contributed by atoms with Crippen molar-refractivity contribution in [2.45, 2.75) is 83.8 Å². The fraction of sp³-hybridized carbons (Fsp3) is 0.654. The predicted octanol–water partition coefficient (Wildman–Crippen LogP) is 4.05. The highest BCUT2D eigenvalue weighted by molar-refractivity contribution is 5.87. The van der Waals surface area contributed by atoms with Crippen LogP contribution in [0.15, 0.2) is 30.3 Å². The molecular formula is C26H39N3O4. The third kappa shape index (κ3) is 7.76. The van der Waals surface area contributed by atoms with Gasteiger partial charge < -0.3 is 21.1 Å². The molecule has 3 fully saturated rings. The van der Waals surface area contributed by atoms with Crippen LogP contribution in [0.2, 0.25) is 0 Å². The molecule has 3 amide bonds. The maximum atomic E-state index is 12.8. The standard InChI is InChI=1S/C26H39N3O4/c1-19(17-26-13-10-20(11-14-26)12-15-26)24(31)29-22(23(27)30)9-5-6-16-28-25(32)33-18-21-7-3-2-4-8-21/h2-4,7-8,19-20,22H,5-6,9-18H2,1H3,(H2,27,30)(H,28,32)(H,29,31)/t19-,20?,22-,26?/m0/s1. The molecule has 7 heteroatoms. The number of alkyl carbamates (subject to hydrolysis) is 1. The van der Waals surface area contributed by atoms with Crippen LogP contribution in [0.25, 0.3) is 0 Å². The summed E-state index contributed by atoms with van der Waals surface area (Å²) in [4.78, 5) is 36.5. The van der Waals surface area contributed by atoms with Crippen molar-refractivity contribution in [1.29, 1.82) is 0 Å². The first-order valence-corrected chi connectivity index (χ1v) is 12.4. The van der Waals surface area contributed by atoms with E-state index in [1.807, 2.05) is 37.3 Å². The van der Waals surface area contributed by atoms with Crippen LogP contribution in [0.1, 0.15) is 76.7 Å². The van der Waals surface area contributed by atoms with E-state index in [0.29, 0.717) is 31.2 Å². The summed E-state index contributed by atoms with van der Waals surface area (Å²) in [6, 6.07) is 8.81. The van der Waals surface area contributed by atoms with Gasteiger partial charge in [-0.15, -0.1) is 0 Å². The number of rotatable bonds is 12. The molecule has 0 radical (unpaired) electrons. The number of carbonyl (C=O) groups excluding carboxylic acids is 3. The Morgan fingerprint density at radius 1 is 1.09 bits per heavy atom. The molecule has 0 aromatic heterocycles. The molecule has 182 valence electrons. The molecule has 0 spiro atoms. The molecular weight excluding hydrogens is 418 g/mol. The van der Waals surface area contributed by atoms with Crippen LogP contribution in [0.4, 0.5) is 4.79 Å². The van der Waals surface area contributed by atoms with Gasteiger partial charge in [0, 0.05) is 12.5 Å². The maximum Gasteiger partial charge on any atom is 0.407 e. The predicted molar refractivity (Wildman–Crippen MR) is 127 cm³/mol. The van der Waals surface area contributed by atoms with Crippen LogP contribution in [-0.2, 0) is 20.9 Å². The molecule has 4 rings (SSSR count). The number of hydrogen-bond donors (Lipinski definition) is 3. The van der Waals surface area contributed by atoms with Gasteiger partial charge in [0.15, 0.2) is 0 Å². The van der Waals surface area contributed by atoms with E-state index in [0.717, 1.165) is 17.9 Å². The molecule has 3 saturated carbocycles. The van der Waals surface area contributed by atoms with Crippen molar-refractivity contribution in [3.05, 3.63) is 35.9 Å². The molecule has 2 bridgehead atoms. The highest BCUT2D eigenvalue weighted by atomic mass is 16.5. The summed E-state index contributed by atoms with van der Waals surface area (Å²) in [6.45, 7) is 2.63. The normalized spacial score (nSPS) is 23.4. The zero-order valence-corrected chi connectivity index (χ0v) is 19.8. The van der Waals surface area contributed by atoms with Crippen LogP contribution in [0.5, 0.6) is 0 Å². The van der Waals surface area contributed by atoms with Crippen LogP contribution in [0.3, 0.4) is 0 Å². The summed E-state index contributed by atoms with van der Waals surface area (Å²) in [5.74, 6) is 0.184. The Hall–Kier alpha value is -2.57. The summed E-state index contributed by atoms with van der Waals surface area (Å²) in [7, 11) is 0. The van der Waals surface area contributed by atoms with Crippen molar-refractivity contribution < 1.29 is 19.1 Å². The molecule has 0 saturated heterocycles. The summed E-state index contributed by atoms with van der Waals surface area (Å²) < 4.78 is 5.17. The van der Waals surface area contributed by atoms with Gasteiger partial charge in [-0.3, -0.25) is 9.59 Å². The first-order valence-electron chi connectivity index (χ1n) is 12.4. The number of nitrogens with one attached hydrogen (secondary N) is 2. The largest absolute Gasteiger partial charge is 0.445 e. The quantitative estimate of drug-likeness (QED) is 0.411. The van der Waals surface area contributed by atoms with Gasteiger partial charge in [0.1, 0.15) is 12.6 Å². The van der Waals surface area contributed by atoms with E-state index in [1.54, 1.807) is 0 Å². The minimum absolute atomic E-state index is 0.0801. The van der Waals surface area contributed by atoms with Crippen LogP contribution < -0.4 is 16.4 Å². The lowest BCUT2D eigenvalue weighted by molar-refractivity contribution is -0.131. The molecule has 3 aliphatic rings. The minimum Gasteiger partial charge on any atom is -0.445 e. The number of benzene rings is 1. The highest BCUT2D eigenvalue weighted by Gasteiger charge is 2.42. The van der Waals surface area contributed by atoms with E-state index in [1.165, 1.54) is 38.5 Å². The van der Waals surface area contributed by atoms with Gasteiger partial charge in [0.25, 0.3) is 0 Å². The zero-order valence-electron chi connectivity index (χ0n) is 19.8. The average Bonchev–Trinajstić information content (AvgIpc) is 2.83. The molecule has 2 atom stereocenters. The van der Waals surface area contributed by atoms with Gasteiger partial charge in [-0.2, -0.15) is 0 Å². The van der Waals surface area contributed by atoms with E-state index < -0.39 is 18.0 Å². The Kier molecular flexibility index (Phi) is 9.15. The van der Waals surface area contributed by atoms with Crippen molar-refractivity contribution in [1.82, 2.24) is 10.6 Å². The van der Waals surface area contributed by atoms with Gasteiger partial charge in [0.05, 0.1) is 0 Å². The van der Waals surface area contributed by atoms with Gasteiger partial charge in [-0.1, -0.05) is 37.3 Å². The van der Waals surface area contributed by atoms with E-state index in [-0.39, 0.29) is 18.4 Å². The lowest BCUT2D eigenvalue weighted by atomic mass is 9.58. The third-order valence-corrected chi connectivity index (χ3v) is 7.50. The van der Waals surface area contributed by atoms with Crippen LogP contribution in [0, 0.1) is 17.3 Å². The van der Waals surface area contributed by atoms with E-state index in [9.17, 15) is 14.4 Å². The Balaban J connectivity index is 1.32. The van der Waals surface area contributed by atoms with Crippen molar-refractivity contribution in [3.8, 4) is 0 Å². The summed E-state index contributed by atoms with van der Waals surface area (Å²) in [5, 5.41) is 5.58. The highest BCUT2D eigenvalue weighted by Crippen LogP contribution is 2.53. The number of unbranched alkanes of at least 4 members (excludes halogenated alkanes) is 1. The number of amides is 3. The van der Waals surface area contributed by atoms with Gasteiger partial charge >= 0.3 is 6.09 Å². The molecule has 1 aromatic rings. The average molecular weight is 458 g/mol. The Bertz CT molecular complexity index is 776. The fourth-order valence-corrected chi connectivity index (χ4v) is 5.42. The number of fused-ring (bicyclic) bond motifs is 3. The lowest BCUT2D eigenvalue weighted by Crippen LogP contribution is -2.47. The third-order valence-electron chi connectivity index (χ3n) is 7.50. The van der Waals surface area contributed by atoms with E-state index in [2.05, 4.69) is 10.6 Å². The van der Waals surface area contributed by atoms with Crippen LogP contribution >= 0.6 is 0 Å². The van der Waals surface area contributed by atoms with E-state index in [4.69, 9.17) is 10.5 Å². The second-order valence-corrected chi connectivity index (χ2v) is 10.0. The number of nitrogens with two attached hydrogens (primary N) is 1. The smallest absolute Gasteiger partial charge is 0.407 e. The first-order chi connectivity index (χ1) is 15.9. The molecule has 33 heavy (non-hydrogen) atoms. The van der Waals surface area contributed by atoms with Gasteiger partial charge in [-0.05, 0) is 81.1 Å². The molecule has 0 aliphatic heterocycles. The SMILES string of the molecule is C[C@@H](CC12CCC(CC1)CC2)C(=O)N[C@@H](CCCCNC(=O)OCc1ccccc1)C(N)=O. The second-order valence-electron chi connectivity index (χ2n) is 10.0. The summed E-state index contributed by atoms with van der Waals surface area (Å²) in [5.41, 5.74) is 6.78. The molecule has 4 N–H and O–H groups in total. The molecule has 3 aliphatic carbocycles. The molecule has 7 nitrogen and oxygen atoms in total. The number of ether oxygens (including phenoxy) is 1. The summed E-state index contributed by atoms with van der Waals surface area (Å²) >= 11 is 0. The Morgan fingerprint density at radius 3 is 2.39 bits per heavy atom. The van der Waals surface area contributed by atoms with Crippen molar-refractivity contribution in [2.75, 3.05) is 6.54 Å². The maximum absolute atomic E-state index is 12.8. The van der Waals surface area contributed by atoms with E-state index >= 15 is 0 Å². The molecule has 0 heterocycles. The lowest BCUT2D eigenvalue weighted by Gasteiger charge is -2.47. The topological polar surface area (TPSA) is 111 Å². The van der Waals surface area contributed by atoms with Crippen molar-refractivity contribution in [3.63, 3.8) is 0 Å². The number of primary amides is 1. The number of carbonyl (C=O) groups is 3. The number of hydrogen-bond acceptors (Lipinski definition) is 4. The zero-order chi connectivity index (χ0) is 23.7. The van der Waals surface area contributed by atoms with Crippen molar-refractivity contribution >= 4 is 17.9 Å². The fourth-order valence-electron chi connectivity index (χ4n) is 5.42. The van der Waals surface area contributed by atoms with Gasteiger partial charge in [-0.25, -0.2) is 4.79 Å². The van der Waals surface area contributed by atoms with Crippen molar-refractivity contribution in [2.24, 2.45) is 23.0 Å². The Morgan fingerprint density at radius 2 is 1.76 bits per heavy atom. The summed E-state index contributed by atoms with van der Waals surface area (Å²) in [6.07, 6.45) is 9.80. The first kappa shape index (κ1) is 25.1. The monoisotopic (exact) mass is 457 g/mol. The Labute approximate surface area is 197 Å². The second kappa shape index (κ2) is 12.1.